The molecule has 0 saturated heterocycles. The van der Waals surface area contributed by atoms with Crippen molar-refractivity contribution < 1.29 is 19.1 Å². The third kappa shape index (κ3) is 1.47. The second-order valence-corrected chi connectivity index (χ2v) is 4.26. The smallest absolute Gasteiger partial charge is 0.329 e. The van der Waals surface area contributed by atoms with Gasteiger partial charge in [0.15, 0.2) is 0 Å². The molecule has 2 rings (SSSR count). The molecule has 96 valence electrons. The Labute approximate surface area is 105 Å². The van der Waals surface area contributed by atoms with Crippen molar-refractivity contribution in [3.8, 4) is 0 Å². The first-order valence-corrected chi connectivity index (χ1v) is 5.55. The normalized spacial score (nSPS) is 16.1. The minimum absolute atomic E-state index is 0.228. The number of methoxy groups -OCH3 is 2. The van der Waals surface area contributed by atoms with E-state index in [2.05, 4.69) is 0 Å². The number of benzene rings is 1. The van der Waals surface area contributed by atoms with Gasteiger partial charge in [-0.05, 0) is 6.07 Å². The van der Waals surface area contributed by atoms with E-state index in [9.17, 15) is 9.59 Å². The first-order valence-electron chi connectivity index (χ1n) is 5.55. The molecule has 0 fully saturated rings. The molecule has 0 saturated carbocycles. The minimum atomic E-state index is -1.38. The molecule has 0 spiro atoms. The zero-order valence-corrected chi connectivity index (χ0v) is 10.6. The van der Waals surface area contributed by atoms with Gasteiger partial charge in [-0.15, -0.1) is 0 Å². The van der Waals surface area contributed by atoms with E-state index in [-0.39, 0.29) is 6.54 Å². The van der Waals surface area contributed by atoms with Crippen LogP contribution in [0.5, 0.6) is 0 Å². The molecule has 5 heteroatoms. The largest absolute Gasteiger partial charge is 0.468 e. The summed E-state index contributed by atoms with van der Waals surface area (Å²) in [6.45, 7) is 0.228. The van der Waals surface area contributed by atoms with Crippen LogP contribution in [0.15, 0.2) is 24.3 Å². The summed E-state index contributed by atoms with van der Waals surface area (Å²) in [6, 6.07) is 7.27. The van der Waals surface area contributed by atoms with Gasteiger partial charge in [0.1, 0.15) is 0 Å². The highest BCUT2D eigenvalue weighted by Gasteiger charge is 2.56. The molecule has 1 aliphatic rings. The molecule has 0 N–H and O–H groups in total. The van der Waals surface area contributed by atoms with Crippen LogP contribution >= 0.6 is 0 Å². The number of rotatable bonds is 2. The Bertz CT molecular complexity index is 482. The Morgan fingerprint density at radius 2 is 1.72 bits per heavy atom. The number of likely N-dealkylation sites (N-methyl/N-ethyl adjacent to an activating group) is 1. The Kier molecular flexibility index (Phi) is 2.98. The summed E-state index contributed by atoms with van der Waals surface area (Å²) in [5, 5.41) is 0. The predicted octanol–water partition coefficient (Wildman–Crippen LogP) is 0.720. The third-order valence-electron chi connectivity index (χ3n) is 3.32. The van der Waals surface area contributed by atoms with Crippen LogP contribution in [0.3, 0.4) is 0 Å². The number of fused-ring (bicyclic) bond motifs is 1. The summed E-state index contributed by atoms with van der Waals surface area (Å²) >= 11 is 0. The lowest BCUT2D eigenvalue weighted by atomic mass is 9.82. The number of hydrogen-bond donors (Lipinski definition) is 0. The number of ether oxygens (including phenoxy) is 2. The average molecular weight is 249 g/mol. The van der Waals surface area contributed by atoms with E-state index in [0.29, 0.717) is 5.56 Å². The molecular formula is C13H15NO4. The Balaban J connectivity index is 2.64. The topological polar surface area (TPSA) is 55.8 Å². The van der Waals surface area contributed by atoms with Crippen LogP contribution in [0.2, 0.25) is 0 Å². The van der Waals surface area contributed by atoms with Gasteiger partial charge in [-0.1, -0.05) is 18.2 Å². The van der Waals surface area contributed by atoms with E-state index in [0.717, 1.165) is 5.69 Å². The number of nitrogens with zero attached hydrogens (tertiary/aromatic N) is 1. The van der Waals surface area contributed by atoms with Gasteiger partial charge in [0, 0.05) is 24.8 Å². The third-order valence-corrected chi connectivity index (χ3v) is 3.32. The van der Waals surface area contributed by atoms with Gasteiger partial charge in [0.05, 0.1) is 14.2 Å². The number of carbonyl (C=O) groups excluding carboxylic acids is 2. The summed E-state index contributed by atoms with van der Waals surface area (Å²) in [5.41, 5.74) is 0.0916. The van der Waals surface area contributed by atoms with Crippen molar-refractivity contribution in [2.45, 2.75) is 5.41 Å². The maximum atomic E-state index is 12.1. The number of carbonyl (C=O) groups is 2. The summed E-state index contributed by atoms with van der Waals surface area (Å²) in [7, 11) is 4.37. The SMILES string of the molecule is COC(=O)C1(C(=O)OC)CN(C)c2ccccc21. The van der Waals surface area contributed by atoms with Crippen molar-refractivity contribution >= 4 is 17.6 Å². The maximum Gasteiger partial charge on any atom is 0.329 e. The van der Waals surface area contributed by atoms with E-state index in [4.69, 9.17) is 9.47 Å². The summed E-state index contributed by atoms with van der Waals surface area (Å²) in [5.74, 6) is -1.18. The van der Waals surface area contributed by atoms with Crippen LogP contribution in [-0.2, 0) is 24.5 Å². The van der Waals surface area contributed by atoms with Gasteiger partial charge in [-0.2, -0.15) is 0 Å². The molecule has 0 radical (unpaired) electrons. The van der Waals surface area contributed by atoms with Crippen LogP contribution < -0.4 is 4.90 Å². The molecule has 0 aliphatic carbocycles. The lowest BCUT2D eigenvalue weighted by molar-refractivity contribution is -0.161. The van der Waals surface area contributed by atoms with E-state index in [1.165, 1.54) is 14.2 Å². The molecular weight excluding hydrogens is 234 g/mol. The van der Waals surface area contributed by atoms with Crippen molar-refractivity contribution in [2.24, 2.45) is 0 Å². The van der Waals surface area contributed by atoms with E-state index < -0.39 is 17.4 Å². The fourth-order valence-electron chi connectivity index (χ4n) is 2.47. The van der Waals surface area contributed by atoms with Crippen molar-refractivity contribution in [3.05, 3.63) is 29.8 Å². The molecule has 0 atom stereocenters. The van der Waals surface area contributed by atoms with Gasteiger partial charge >= 0.3 is 11.9 Å². The zero-order valence-electron chi connectivity index (χ0n) is 10.6. The highest BCUT2D eigenvalue weighted by atomic mass is 16.5. The standard InChI is InChI=1S/C13H15NO4/c1-14-8-13(11(15)17-2,12(16)18-3)9-6-4-5-7-10(9)14/h4-7H,8H2,1-3H3. The van der Waals surface area contributed by atoms with E-state index in [1.54, 1.807) is 12.1 Å². The highest BCUT2D eigenvalue weighted by Crippen LogP contribution is 2.41. The molecule has 1 aromatic rings. The number of hydrogen-bond acceptors (Lipinski definition) is 5. The molecule has 1 heterocycles. The number of para-hydroxylation sites is 1. The summed E-state index contributed by atoms with van der Waals surface area (Å²) in [6.07, 6.45) is 0. The van der Waals surface area contributed by atoms with Crippen LogP contribution in [0.4, 0.5) is 5.69 Å². The molecule has 0 aromatic heterocycles. The second-order valence-electron chi connectivity index (χ2n) is 4.26. The molecule has 0 amide bonds. The van der Waals surface area contributed by atoms with Crippen LogP contribution in [0.1, 0.15) is 5.56 Å². The van der Waals surface area contributed by atoms with Gasteiger partial charge in [-0.25, -0.2) is 0 Å². The van der Waals surface area contributed by atoms with Crippen LogP contribution in [0.25, 0.3) is 0 Å². The predicted molar refractivity (Wildman–Crippen MR) is 65.4 cm³/mol. The Hall–Kier alpha value is -2.04. The molecule has 0 unspecified atom stereocenters. The fraction of sp³-hybridized carbons (Fsp3) is 0.385. The second kappa shape index (κ2) is 4.33. The maximum absolute atomic E-state index is 12.1. The molecule has 1 aliphatic heterocycles. The first kappa shape index (κ1) is 12.4. The van der Waals surface area contributed by atoms with Crippen LogP contribution in [0, 0.1) is 0 Å². The summed E-state index contributed by atoms with van der Waals surface area (Å²) in [4.78, 5) is 26.0. The Morgan fingerprint density at radius 1 is 1.17 bits per heavy atom. The van der Waals surface area contributed by atoms with Crippen molar-refractivity contribution in [1.82, 2.24) is 0 Å². The molecule has 5 nitrogen and oxygen atoms in total. The monoisotopic (exact) mass is 249 g/mol. The van der Waals surface area contributed by atoms with Gasteiger partial charge in [-0.3, -0.25) is 9.59 Å². The molecule has 18 heavy (non-hydrogen) atoms. The van der Waals surface area contributed by atoms with Crippen molar-refractivity contribution in [3.63, 3.8) is 0 Å². The average Bonchev–Trinajstić information content (AvgIpc) is 2.72. The lowest BCUT2D eigenvalue weighted by Crippen LogP contribution is -2.48. The molecule has 1 aromatic carbocycles. The van der Waals surface area contributed by atoms with Crippen LogP contribution in [-0.4, -0.2) is 39.8 Å². The first-order chi connectivity index (χ1) is 8.57. The Morgan fingerprint density at radius 3 is 2.28 bits per heavy atom. The van der Waals surface area contributed by atoms with Crippen molar-refractivity contribution in [2.75, 3.05) is 32.7 Å². The van der Waals surface area contributed by atoms with Crippen molar-refractivity contribution in [1.29, 1.82) is 0 Å². The van der Waals surface area contributed by atoms with E-state index in [1.807, 2.05) is 24.1 Å². The lowest BCUT2D eigenvalue weighted by Gasteiger charge is -2.23. The van der Waals surface area contributed by atoms with Gasteiger partial charge < -0.3 is 14.4 Å². The van der Waals surface area contributed by atoms with Gasteiger partial charge in [0.25, 0.3) is 0 Å². The molecule has 0 bridgehead atoms. The highest BCUT2D eigenvalue weighted by molar-refractivity contribution is 6.09. The number of esters is 2. The summed E-state index contributed by atoms with van der Waals surface area (Å²) < 4.78 is 9.60. The van der Waals surface area contributed by atoms with Gasteiger partial charge in [0.2, 0.25) is 5.41 Å². The minimum Gasteiger partial charge on any atom is -0.468 e. The fourth-order valence-corrected chi connectivity index (χ4v) is 2.47. The zero-order chi connectivity index (χ0) is 13.3. The quantitative estimate of drug-likeness (QED) is 0.571. The van der Waals surface area contributed by atoms with E-state index >= 15 is 0 Å². The number of anilines is 1.